The number of hydrogen-bond acceptors (Lipinski definition) is 5. The number of benzene rings is 2. The number of para-hydroxylation sites is 1. The van der Waals surface area contributed by atoms with E-state index >= 15 is 0 Å². The van der Waals surface area contributed by atoms with Gasteiger partial charge in [0, 0.05) is 18.1 Å². The highest BCUT2D eigenvalue weighted by Crippen LogP contribution is 2.31. The molecule has 0 radical (unpaired) electrons. The number of aryl methyl sites for hydroxylation is 3. The Kier molecular flexibility index (Phi) is 4.47. The first-order valence-electron chi connectivity index (χ1n) is 9.15. The fraction of sp³-hybridized carbons (Fsp3) is 0.227. The molecule has 6 nitrogen and oxygen atoms in total. The minimum atomic E-state index is -0.111. The number of fused-ring (bicyclic) bond motifs is 3. The molecule has 1 N–H and O–H groups in total. The molecule has 0 bridgehead atoms. The van der Waals surface area contributed by atoms with Gasteiger partial charge in [0.2, 0.25) is 5.91 Å². The number of anilines is 2. The summed E-state index contributed by atoms with van der Waals surface area (Å²) in [6, 6.07) is 11.9. The molecule has 0 fully saturated rings. The molecule has 0 unspecified atom stereocenters. The normalized spacial score (nSPS) is 11.1. The van der Waals surface area contributed by atoms with E-state index in [9.17, 15) is 4.79 Å². The lowest BCUT2D eigenvalue weighted by Gasteiger charge is -2.19. The van der Waals surface area contributed by atoms with Crippen LogP contribution in [0.25, 0.3) is 22.1 Å². The number of hydrogen-bond donors (Lipinski definition) is 1. The second kappa shape index (κ2) is 6.96. The van der Waals surface area contributed by atoms with Crippen LogP contribution in [0.15, 0.2) is 47.1 Å². The van der Waals surface area contributed by atoms with Crippen LogP contribution in [0, 0.1) is 20.8 Å². The molecule has 28 heavy (non-hydrogen) atoms. The SMILES string of the molecule is Cc1cc(C)c(NC(=O)CN(C)c2ncnc3c2oc2ccccc23)c(C)c1. The molecule has 0 saturated heterocycles. The predicted octanol–water partition coefficient (Wildman–Crippen LogP) is 4.38. The highest BCUT2D eigenvalue weighted by atomic mass is 16.3. The Hall–Kier alpha value is -3.41. The molecule has 4 aromatic rings. The summed E-state index contributed by atoms with van der Waals surface area (Å²) < 4.78 is 5.96. The van der Waals surface area contributed by atoms with Crippen LogP contribution in [0.2, 0.25) is 0 Å². The number of carbonyl (C=O) groups excluding carboxylic acids is 1. The minimum Gasteiger partial charge on any atom is -0.450 e. The largest absolute Gasteiger partial charge is 0.450 e. The second-order valence-corrected chi connectivity index (χ2v) is 7.15. The number of nitrogens with zero attached hydrogens (tertiary/aromatic N) is 3. The Balaban J connectivity index is 1.60. The predicted molar refractivity (Wildman–Crippen MR) is 112 cm³/mol. The van der Waals surface area contributed by atoms with E-state index in [4.69, 9.17) is 4.42 Å². The fourth-order valence-corrected chi connectivity index (χ4v) is 3.63. The molecule has 6 heteroatoms. The molecule has 0 aliphatic rings. The Bertz CT molecular complexity index is 1170. The minimum absolute atomic E-state index is 0.111. The van der Waals surface area contributed by atoms with Gasteiger partial charge in [0.15, 0.2) is 11.4 Å². The molecule has 4 rings (SSSR count). The lowest BCUT2D eigenvalue weighted by Crippen LogP contribution is -2.31. The Morgan fingerprint density at radius 2 is 1.82 bits per heavy atom. The third-order valence-corrected chi connectivity index (χ3v) is 4.82. The van der Waals surface area contributed by atoms with Crippen molar-refractivity contribution in [1.82, 2.24) is 9.97 Å². The zero-order valence-corrected chi connectivity index (χ0v) is 16.4. The van der Waals surface area contributed by atoms with Gasteiger partial charge in [-0.1, -0.05) is 29.8 Å². The number of nitrogens with one attached hydrogen (secondary N) is 1. The summed E-state index contributed by atoms with van der Waals surface area (Å²) in [5, 5.41) is 3.96. The average Bonchev–Trinajstić information content (AvgIpc) is 3.03. The Morgan fingerprint density at radius 3 is 2.57 bits per heavy atom. The van der Waals surface area contributed by atoms with Crippen molar-refractivity contribution >= 4 is 39.5 Å². The number of furan rings is 1. The van der Waals surface area contributed by atoms with Crippen molar-refractivity contribution in [3.05, 3.63) is 59.4 Å². The lowest BCUT2D eigenvalue weighted by atomic mass is 10.1. The first-order chi connectivity index (χ1) is 13.4. The number of rotatable bonds is 4. The van der Waals surface area contributed by atoms with Crippen LogP contribution in [0.1, 0.15) is 16.7 Å². The Morgan fingerprint density at radius 1 is 1.11 bits per heavy atom. The van der Waals surface area contributed by atoms with Crippen molar-refractivity contribution < 1.29 is 9.21 Å². The van der Waals surface area contributed by atoms with Gasteiger partial charge in [-0.3, -0.25) is 4.79 Å². The van der Waals surface area contributed by atoms with Crippen LogP contribution >= 0.6 is 0 Å². The third-order valence-electron chi connectivity index (χ3n) is 4.82. The zero-order chi connectivity index (χ0) is 19.8. The van der Waals surface area contributed by atoms with Crippen LogP contribution in [0.5, 0.6) is 0 Å². The molecule has 0 aliphatic carbocycles. The quantitative estimate of drug-likeness (QED) is 0.574. The van der Waals surface area contributed by atoms with E-state index < -0.39 is 0 Å². The zero-order valence-electron chi connectivity index (χ0n) is 16.4. The first kappa shape index (κ1) is 18.0. The molecule has 0 aliphatic heterocycles. The van der Waals surface area contributed by atoms with Crippen LogP contribution < -0.4 is 10.2 Å². The summed E-state index contributed by atoms with van der Waals surface area (Å²) in [7, 11) is 1.82. The highest BCUT2D eigenvalue weighted by molar-refractivity contribution is 6.06. The van der Waals surface area contributed by atoms with Crippen molar-refractivity contribution in [1.29, 1.82) is 0 Å². The van der Waals surface area contributed by atoms with Gasteiger partial charge in [-0.25, -0.2) is 9.97 Å². The van der Waals surface area contributed by atoms with E-state index in [0.29, 0.717) is 11.4 Å². The van der Waals surface area contributed by atoms with E-state index in [1.54, 1.807) is 4.90 Å². The van der Waals surface area contributed by atoms with E-state index in [1.165, 1.54) is 11.9 Å². The maximum atomic E-state index is 12.7. The summed E-state index contributed by atoms with van der Waals surface area (Å²) in [6.45, 7) is 6.20. The van der Waals surface area contributed by atoms with Crippen molar-refractivity contribution in [3.8, 4) is 0 Å². The molecule has 1 amide bonds. The number of amides is 1. The summed E-state index contributed by atoms with van der Waals surface area (Å²) in [6.07, 6.45) is 1.50. The van der Waals surface area contributed by atoms with E-state index in [0.717, 1.165) is 33.3 Å². The third kappa shape index (κ3) is 3.17. The summed E-state index contributed by atoms with van der Waals surface area (Å²) in [4.78, 5) is 23.2. The van der Waals surface area contributed by atoms with Gasteiger partial charge in [0.1, 0.15) is 17.4 Å². The summed E-state index contributed by atoms with van der Waals surface area (Å²) in [5.41, 5.74) is 6.23. The van der Waals surface area contributed by atoms with Crippen molar-refractivity contribution in [2.45, 2.75) is 20.8 Å². The monoisotopic (exact) mass is 374 g/mol. The van der Waals surface area contributed by atoms with Crippen LogP contribution in [0.4, 0.5) is 11.5 Å². The van der Waals surface area contributed by atoms with Gasteiger partial charge in [0.05, 0.1) is 6.54 Å². The van der Waals surface area contributed by atoms with Crippen molar-refractivity contribution in [2.24, 2.45) is 0 Å². The van der Waals surface area contributed by atoms with E-state index in [1.807, 2.05) is 52.1 Å². The average molecular weight is 374 g/mol. The maximum Gasteiger partial charge on any atom is 0.243 e. The van der Waals surface area contributed by atoms with Gasteiger partial charge in [-0.15, -0.1) is 0 Å². The number of likely N-dealkylation sites (N-methyl/N-ethyl adjacent to an activating group) is 1. The number of carbonyl (C=O) groups is 1. The van der Waals surface area contributed by atoms with Gasteiger partial charge in [-0.05, 0) is 44.0 Å². The molecular weight excluding hydrogens is 352 g/mol. The molecule has 0 atom stereocenters. The van der Waals surface area contributed by atoms with Crippen LogP contribution in [-0.2, 0) is 4.79 Å². The molecular formula is C22H22N4O2. The van der Waals surface area contributed by atoms with Gasteiger partial charge in [0.25, 0.3) is 0 Å². The second-order valence-electron chi connectivity index (χ2n) is 7.15. The topological polar surface area (TPSA) is 71.3 Å². The summed E-state index contributed by atoms with van der Waals surface area (Å²) in [5.74, 6) is 0.481. The smallest absolute Gasteiger partial charge is 0.243 e. The van der Waals surface area contributed by atoms with E-state index in [2.05, 4.69) is 27.4 Å². The van der Waals surface area contributed by atoms with Crippen molar-refractivity contribution in [2.75, 3.05) is 23.8 Å². The molecule has 2 aromatic carbocycles. The van der Waals surface area contributed by atoms with Crippen LogP contribution in [0.3, 0.4) is 0 Å². The highest BCUT2D eigenvalue weighted by Gasteiger charge is 2.18. The molecule has 142 valence electrons. The van der Waals surface area contributed by atoms with Gasteiger partial charge >= 0.3 is 0 Å². The van der Waals surface area contributed by atoms with Gasteiger partial charge in [-0.2, -0.15) is 0 Å². The standard InChI is InChI=1S/C22H22N4O2/c1-13-9-14(2)19(15(3)10-13)25-18(27)11-26(4)22-21-20(23-12-24-22)16-7-5-6-8-17(16)28-21/h5-10,12H,11H2,1-4H3,(H,25,27). The van der Waals surface area contributed by atoms with E-state index in [-0.39, 0.29) is 12.5 Å². The molecule has 0 spiro atoms. The number of aromatic nitrogens is 2. The molecule has 2 heterocycles. The van der Waals surface area contributed by atoms with Crippen LogP contribution in [-0.4, -0.2) is 29.5 Å². The van der Waals surface area contributed by atoms with Gasteiger partial charge < -0.3 is 14.6 Å². The summed E-state index contributed by atoms with van der Waals surface area (Å²) >= 11 is 0. The lowest BCUT2D eigenvalue weighted by molar-refractivity contribution is -0.114. The maximum absolute atomic E-state index is 12.7. The molecule has 2 aromatic heterocycles. The van der Waals surface area contributed by atoms with Crippen molar-refractivity contribution in [3.63, 3.8) is 0 Å². The molecule has 0 saturated carbocycles. The fourth-order valence-electron chi connectivity index (χ4n) is 3.63. The first-order valence-corrected chi connectivity index (χ1v) is 9.15. The Labute approximate surface area is 163 Å².